The lowest BCUT2D eigenvalue weighted by molar-refractivity contribution is 0.415. The van der Waals surface area contributed by atoms with Crippen molar-refractivity contribution >= 4 is 50.5 Å². The topological polar surface area (TPSA) is 24.1 Å². The van der Waals surface area contributed by atoms with E-state index in [1.165, 1.54) is 32.1 Å². The molecule has 1 fully saturated rings. The maximum Gasteiger partial charge on any atom is 0.171 e. The number of thiocarbonyl (C=S) groups is 1. The normalized spacial score (nSPS) is 16.2. The van der Waals surface area contributed by atoms with Crippen LogP contribution in [0, 0.1) is 6.92 Å². The number of halogens is 2. The summed E-state index contributed by atoms with van der Waals surface area (Å²) in [6.07, 6.45) is 6.34. The van der Waals surface area contributed by atoms with Crippen LogP contribution in [0.1, 0.15) is 37.7 Å². The highest BCUT2D eigenvalue weighted by Gasteiger charge is 2.14. The lowest BCUT2D eigenvalue weighted by Gasteiger charge is -2.24. The van der Waals surface area contributed by atoms with Gasteiger partial charge in [-0.25, -0.2) is 0 Å². The zero-order valence-electron chi connectivity index (χ0n) is 10.9. The third kappa shape index (κ3) is 4.33. The standard InChI is InChI=1S/C14H18BrClN2S/c1-9-7-11(15)13(8-12(9)16)18-14(19)17-10-5-3-2-4-6-10/h7-8,10H,2-6H2,1H3,(H2,17,18,19). The second kappa shape index (κ2) is 6.91. The van der Waals surface area contributed by atoms with E-state index in [-0.39, 0.29) is 0 Å². The average Bonchev–Trinajstić information content (AvgIpc) is 2.37. The number of benzene rings is 1. The molecule has 2 N–H and O–H groups in total. The van der Waals surface area contributed by atoms with Gasteiger partial charge in [0.2, 0.25) is 0 Å². The minimum Gasteiger partial charge on any atom is -0.360 e. The molecule has 0 amide bonds. The SMILES string of the molecule is Cc1cc(Br)c(NC(=S)NC2CCCCC2)cc1Cl. The lowest BCUT2D eigenvalue weighted by Crippen LogP contribution is -2.38. The highest BCUT2D eigenvalue weighted by Crippen LogP contribution is 2.29. The second-order valence-corrected chi connectivity index (χ2v) is 6.68. The molecule has 1 aliphatic rings. The molecule has 19 heavy (non-hydrogen) atoms. The Morgan fingerprint density at radius 3 is 2.68 bits per heavy atom. The molecule has 0 saturated heterocycles. The van der Waals surface area contributed by atoms with Gasteiger partial charge in [0, 0.05) is 15.5 Å². The van der Waals surface area contributed by atoms with Crippen molar-refractivity contribution in [3.8, 4) is 0 Å². The van der Waals surface area contributed by atoms with Gasteiger partial charge in [-0.3, -0.25) is 0 Å². The van der Waals surface area contributed by atoms with Gasteiger partial charge >= 0.3 is 0 Å². The zero-order valence-corrected chi connectivity index (χ0v) is 14.1. The fraction of sp³-hybridized carbons (Fsp3) is 0.500. The second-order valence-electron chi connectivity index (χ2n) is 5.01. The van der Waals surface area contributed by atoms with Crippen LogP contribution < -0.4 is 10.6 Å². The van der Waals surface area contributed by atoms with Crippen LogP contribution in [-0.4, -0.2) is 11.2 Å². The van der Waals surface area contributed by atoms with Crippen molar-refractivity contribution in [2.24, 2.45) is 0 Å². The first-order valence-corrected chi connectivity index (χ1v) is 8.17. The van der Waals surface area contributed by atoms with Crippen LogP contribution in [0.25, 0.3) is 0 Å². The molecule has 0 atom stereocenters. The molecule has 104 valence electrons. The average molecular weight is 362 g/mol. The summed E-state index contributed by atoms with van der Waals surface area (Å²) >= 11 is 15.0. The molecule has 0 radical (unpaired) electrons. The maximum absolute atomic E-state index is 6.14. The van der Waals surface area contributed by atoms with Crippen LogP contribution in [0.15, 0.2) is 16.6 Å². The Hall–Kier alpha value is -0.320. The van der Waals surface area contributed by atoms with E-state index in [4.69, 9.17) is 23.8 Å². The molecule has 0 bridgehead atoms. The van der Waals surface area contributed by atoms with Crippen LogP contribution in [0.3, 0.4) is 0 Å². The molecule has 0 unspecified atom stereocenters. The summed E-state index contributed by atoms with van der Waals surface area (Å²) in [7, 11) is 0. The molecule has 1 saturated carbocycles. The maximum atomic E-state index is 6.14. The highest BCUT2D eigenvalue weighted by molar-refractivity contribution is 9.10. The van der Waals surface area contributed by atoms with Crippen LogP contribution in [-0.2, 0) is 0 Å². The molecule has 0 spiro atoms. The van der Waals surface area contributed by atoms with E-state index in [0.717, 1.165) is 20.7 Å². The first-order valence-electron chi connectivity index (χ1n) is 6.59. The van der Waals surface area contributed by atoms with Gasteiger partial charge in [0.1, 0.15) is 0 Å². The van der Waals surface area contributed by atoms with Crippen molar-refractivity contribution in [3.63, 3.8) is 0 Å². The van der Waals surface area contributed by atoms with Crippen molar-refractivity contribution in [1.82, 2.24) is 5.32 Å². The van der Waals surface area contributed by atoms with Crippen molar-refractivity contribution in [3.05, 3.63) is 27.2 Å². The molecule has 1 aromatic carbocycles. The van der Waals surface area contributed by atoms with Crippen molar-refractivity contribution < 1.29 is 0 Å². The minimum atomic E-state index is 0.508. The molecule has 1 aromatic rings. The molecule has 0 heterocycles. The summed E-state index contributed by atoms with van der Waals surface area (Å²) in [6, 6.07) is 4.40. The lowest BCUT2D eigenvalue weighted by atomic mass is 9.96. The molecule has 5 heteroatoms. The van der Waals surface area contributed by atoms with Crippen LogP contribution >= 0.6 is 39.7 Å². The molecule has 0 aliphatic heterocycles. The molecular formula is C14H18BrClN2S. The third-order valence-electron chi connectivity index (χ3n) is 3.44. The molecule has 2 rings (SSSR count). The number of rotatable bonds is 2. The van der Waals surface area contributed by atoms with Gasteiger partial charge in [0.05, 0.1) is 5.69 Å². The number of anilines is 1. The first kappa shape index (κ1) is 15.1. The summed E-state index contributed by atoms with van der Waals surface area (Å²) < 4.78 is 0.974. The van der Waals surface area contributed by atoms with E-state index < -0.39 is 0 Å². The molecular weight excluding hydrogens is 344 g/mol. The quantitative estimate of drug-likeness (QED) is 0.722. The van der Waals surface area contributed by atoms with Gasteiger partial charge in [0.25, 0.3) is 0 Å². The summed E-state index contributed by atoms with van der Waals surface area (Å²) in [5, 5.41) is 8.02. The van der Waals surface area contributed by atoms with E-state index in [2.05, 4.69) is 26.6 Å². The smallest absolute Gasteiger partial charge is 0.171 e. The van der Waals surface area contributed by atoms with Gasteiger partial charge in [-0.05, 0) is 65.6 Å². The van der Waals surface area contributed by atoms with Gasteiger partial charge in [0.15, 0.2) is 5.11 Å². The number of aryl methyl sites for hydroxylation is 1. The van der Waals surface area contributed by atoms with Crippen molar-refractivity contribution in [1.29, 1.82) is 0 Å². The Labute approximate surface area is 133 Å². The van der Waals surface area contributed by atoms with E-state index in [9.17, 15) is 0 Å². The summed E-state index contributed by atoms with van der Waals surface area (Å²) in [5.74, 6) is 0. The minimum absolute atomic E-state index is 0.508. The van der Waals surface area contributed by atoms with Gasteiger partial charge in [-0.15, -0.1) is 0 Å². The van der Waals surface area contributed by atoms with Gasteiger partial charge in [-0.2, -0.15) is 0 Å². The fourth-order valence-corrected chi connectivity index (χ4v) is 3.33. The van der Waals surface area contributed by atoms with Crippen LogP contribution in [0.2, 0.25) is 5.02 Å². The Balaban J connectivity index is 1.96. The number of hydrogen-bond donors (Lipinski definition) is 2. The number of nitrogens with one attached hydrogen (secondary N) is 2. The van der Waals surface area contributed by atoms with Gasteiger partial charge in [-0.1, -0.05) is 30.9 Å². The Morgan fingerprint density at radius 1 is 1.32 bits per heavy atom. The Bertz CT molecular complexity index is 473. The van der Waals surface area contributed by atoms with Crippen LogP contribution in [0.4, 0.5) is 5.69 Å². The monoisotopic (exact) mass is 360 g/mol. The summed E-state index contributed by atoms with van der Waals surface area (Å²) in [4.78, 5) is 0. The van der Waals surface area contributed by atoms with E-state index in [1.807, 2.05) is 19.1 Å². The fourth-order valence-electron chi connectivity index (χ4n) is 2.33. The largest absolute Gasteiger partial charge is 0.360 e. The molecule has 0 aromatic heterocycles. The van der Waals surface area contributed by atoms with E-state index >= 15 is 0 Å². The third-order valence-corrected chi connectivity index (χ3v) is 4.72. The summed E-state index contributed by atoms with van der Waals surface area (Å²) in [5.41, 5.74) is 1.95. The highest BCUT2D eigenvalue weighted by atomic mass is 79.9. The van der Waals surface area contributed by atoms with Crippen LogP contribution in [0.5, 0.6) is 0 Å². The van der Waals surface area contributed by atoms with E-state index in [0.29, 0.717) is 11.2 Å². The van der Waals surface area contributed by atoms with Crippen molar-refractivity contribution in [2.45, 2.75) is 45.1 Å². The predicted molar refractivity (Wildman–Crippen MR) is 90.1 cm³/mol. The molecule has 1 aliphatic carbocycles. The van der Waals surface area contributed by atoms with Gasteiger partial charge < -0.3 is 10.6 Å². The zero-order chi connectivity index (χ0) is 13.8. The Kier molecular flexibility index (Phi) is 5.48. The first-order chi connectivity index (χ1) is 9.06. The predicted octanol–water partition coefficient (Wildman–Crippen LogP) is 5.03. The Morgan fingerprint density at radius 2 is 2.00 bits per heavy atom. The van der Waals surface area contributed by atoms with E-state index in [1.54, 1.807) is 0 Å². The summed E-state index contributed by atoms with van der Waals surface area (Å²) in [6.45, 7) is 1.98. The molecule has 2 nitrogen and oxygen atoms in total. The number of hydrogen-bond acceptors (Lipinski definition) is 1. The van der Waals surface area contributed by atoms with Crippen molar-refractivity contribution in [2.75, 3.05) is 5.32 Å².